The van der Waals surface area contributed by atoms with Crippen LogP contribution in [0, 0.1) is 5.82 Å². The van der Waals surface area contributed by atoms with Gasteiger partial charge >= 0.3 is 0 Å². The first kappa shape index (κ1) is 8.99. The van der Waals surface area contributed by atoms with E-state index >= 15 is 0 Å². The Morgan fingerprint density at radius 3 is 3.07 bits per heavy atom. The zero-order valence-electron chi connectivity index (χ0n) is 7.53. The Hall–Kier alpha value is -1.58. The van der Waals surface area contributed by atoms with Crippen LogP contribution in [0.2, 0.25) is 0 Å². The van der Waals surface area contributed by atoms with Gasteiger partial charge in [0, 0.05) is 5.56 Å². The van der Waals surface area contributed by atoms with Gasteiger partial charge in [-0.15, -0.1) is 0 Å². The first-order valence-corrected chi connectivity index (χ1v) is 4.45. The van der Waals surface area contributed by atoms with Crippen molar-refractivity contribution in [3.8, 4) is 5.75 Å². The molecule has 0 unspecified atom stereocenters. The summed E-state index contributed by atoms with van der Waals surface area (Å²) in [6.07, 6.45) is 1.33. The maximum atomic E-state index is 13.3. The molecule has 0 aliphatic carbocycles. The summed E-state index contributed by atoms with van der Waals surface area (Å²) in [7, 11) is 0. The van der Waals surface area contributed by atoms with E-state index < -0.39 is 5.82 Å². The molecule has 1 N–H and O–H groups in total. The highest BCUT2D eigenvalue weighted by atomic mass is 19.1. The Balaban J connectivity index is 2.55. The molecule has 0 amide bonds. The van der Waals surface area contributed by atoms with Crippen LogP contribution in [0.1, 0.15) is 18.4 Å². The van der Waals surface area contributed by atoms with Crippen molar-refractivity contribution >= 4 is 5.71 Å². The molecular formula is C10H10FNO2. The van der Waals surface area contributed by atoms with Gasteiger partial charge in [-0.3, -0.25) is 0 Å². The summed E-state index contributed by atoms with van der Waals surface area (Å²) in [5.41, 5.74) is 1.03. The summed E-state index contributed by atoms with van der Waals surface area (Å²) in [6, 6.07) is 4.60. The van der Waals surface area contributed by atoms with Gasteiger partial charge in [0.1, 0.15) is 0 Å². The van der Waals surface area contributed by atoms with E-state index in [4.69, 9.17) is 9.94 Å². The second kappa shape index (κ2) is 3.65. The lowest BCUT2D eigenvalue weighted by molar-refractivity contribution is 0.301. The van der Waals surface area contributed by atoms with Gasteiger partial charge in [0.15, 0.2) is 11.6 Å². The van der Waals surface area contributed by atoms with Gasteiger partial charge in [0.25, 0.3) is 0 Å². The molecule has 0 saturated carbocycles. The fraction of sp³-hybridized carbons (Fsp3) is 0.300. The van der Waals surface area contributed by atoms with Crippen molar-refractivity contribution in [1.82, 2.24) is 0 Å². The molecule has 4 heteroatoms. The largest absolute Gasteiger partial charge is 0.490 e. The normalized spacial score (nSPS) is 18.5. The molecule has 0 atom stereocenters. The fourth-order valence-corrected chi connectivity index (χ4v) is 1.54. The molecule has 1 aromatic carbocycles. The molecule has 1 aromatic rings. The highest BCUT2D eigenvalue weighted by Crippen LogP contribution is 2.27. The minimum absolute atomic E-state index is 0.192. The van der Waals surface area contributed by atoms with Gasteiger partial charge in [-0.25, -0.2) is 4.39 Å². The number of benzene rings is 1. The minimum atomic E-state index is -0.412. The van der Waals surface area contributed by atoms with Crippen LogP contribution in [-0.4, -0.2) is 17.5 Å². The van der Waals surface area contributed by atoms with E-state index in [9.17, 15) is 4.39 Å². The maximum absolute atomic E-state index is 13.3. The average molecular weight is 195 g/mol. The van der Waals surface area contributed by atoms with Gasteiger partial charge in [0.2, 0.25) is 0 Å². The number of para-hydroxylation sites is 1. The van der Waals surface area contributed by atoms with Crippen molar-refractivity contribution in [3.05, 3.63) is 29.6 Å². The van der Waals surface area contributed by atoms with Crippen LogP contribution in [0.5, 0.6) is 5.75 Å². The lowest BCUT2D eigenvalue weighted by Gasteiger charge is -2.07. The topological polar surface area (TPSA) is 41.8 Å². The number of hydrogen-bond donors (Lipinski definition) is 1. The minimum Gasteiger partial charge on any atom is -0.490 e. The van der Waals surface area contributed by atoms with Crippen molar-refractivity contribution in [3.63, 3.8) is 0 Å². The Morgan fingerprint density at radius 1 is 1.43 bits per heavy atom. The molecule has 0 spiro atoms. The van der Waals surface area contributed by atoms with Crippen LogP contribution < -0.4 is 4.74 Å². The highest BCUT2D eigenvalue weighted by molar-refractivity contribution is 6.02. The van der Waals surface area contributed by atoms with Crippen molar-refractivity contribution in [1.29, 1.82) is 0 Å². The van der Waals surface area contributed by atoms with Crippen molar-refractivity contribution in [2.45, 2.75) is 12.8 Å². The third-order valence-electron chi connectivity index (χ3n) is 2.20. The lowest BCUT2D eigenvalue weighted by atomic mass is 10.1. The first-order chi connectivity index (χ1) is 6.83. The predicted molar refractivity (Wildman–Crippen MR) is 49.5 cm³/mol. The van der Waals surface area contributed by atoms with Crippen LogP contribution in [0.4, 0.5) is 4.39 Å². The standard InChI is InChI=1S/C10H10FNO2/c11-8-4-1-3-7-9(12-13)5-2-6-14-10(7)8/h1,3-4,13H,2,5-6H2/b12-9-. The summed E-state index contributed by atoms with van der Waals surface area (Å²) in [6.45, 7) is 0.451. The molecule has 0 bridgehead atoms. The molecule has 0 aromatic heterocycles. The molecule has 0 radical (unpaired) electrons. The number of rotatable bonds is 0. The molecule has 0 fully saturated rings. The van der Waals surface area contributed by atoms with Crippen molar-refractivity contribution < 1.29 is 14.3 Å². The van der Waals surface area contributed by atoms with Crippen molar-refractivity contribution in [2.24, 2.45) is 5.16 Å². The van der Waals surface area contributed by atoms with E-state index in [1.54, 1.807) is 12.1 Å². The fourth-order valence-electron chi connectivity index (χ4n) is 1.54. The van der Waals surface area contributed by atoms with Crippen LogP contribution >= 0.6 is 0 Å². The smallest absolute Gasteiger partial charge is 0.165 e. The number of ether oxygens (including phenoxy) is 1. The third-order valence-corrected chi connectivity index (χ3v) is 2.20. The van der Waals surface area contributed by atoms with Crippen LogP contribution in [0.15, 0.2) is 23.4 Å². The quantitative estimate of drug-likeness (QED) is 0.509. The van der Waals surface area contributed by atoms with Crippen LogP contribution in [0.3, 0.4) is 0 Å². The predicted octanol–water partition coefficient (Wildman–Crippen LogP) is 2.18. The van der Waals surface area contributed by atoms with Gasteiger partial charge in [-0.05, 0) is 25.0 Å². The van der Waals surface area contributed by atoms with E-state index in [1.165, 1.54) is 6.07 Å². The SMILES string of the molecule is O/N=C1/CCCOc2c(F)cccc21. The van der Waals surface area contributed by atoms with Gasteiger partial charge < -0.3 is 9.94 Å². The second-order valence-corrected chi connectivity index (χ2v) is 3.12. The second-order valence-electron chi connectivity index (χ2n) is 3.12. The maximum Gasteiger partial charge on any atom is 0.165 e. The molecule has 1 heterocycles. The van der Waals surface area contributed by atoms with E-state index in [-0.39, 0.29) is 5.75 Å². The van der Waals surface area contributed by atoms with E-state index in [1.807, 2.05) is 0 Å². The number of hydrogen-bond acceptors (Lipinski definition) is 3. The summed E-state index contributed by atoms with van der Waals surface area (Å²) in [5, 5.41) is 11.9. The van der Waals surface area contributed by atoms with Crippen LogP contribution in [-0.2, 0) is 0 Å². The highest BCUT2D eigenvalue weighted by Gasteiger charge is 2.18. The molecule has 74 valence electrons. The molecule has 14 heavy (non-hydrogen) atoms. The Bertz CT molecular complexity index is 376. The first-order valence-electron chi connectivity index (χ1n) is 4.45. The summed E-state index contributed by atoms with van der Waals surface area (Å²) in [5.74, 6) is -0.219. The van der Waals surface area contributed by atoms with Gasteiger partial charge in [-0.2, -0.15) is 0 Å². The number of halogens is 1. The van der Waals surface area contributed by atoms with E-state index in [0.29, 0.717) is 24.3 Å². The number of fused-ring (bicyclic) bond motifs is 1. The number of nitrogens with zero attached hydrogens (tertiary/aromatic N) is 1. The lowest BCUT2D eigenvalue weighted by Crippen LogP contribution is -2.00. The summed E-state index contributed by atoms with van der Waals surface area (Å²) >= 11 is 0. The van der Waals surface area contributed by atoms with Gasteiger partial charge in [0.05, 0.1) is 12.3 Å². The summed E-state index contributed by atoms with van der Waals surface area (Å²) < 4.78 is 18.5. The Morgan fingerprint density at radius 2 is 2.29 bits per heavy atom. The molecule has 1 aliphatic heterocycles. The zero-order valence-corrected chi connectivity index (χ0v) is 7.53. The van der Waals surface area contributed by atoms with Crippen LogP contribution in [0.25, 0.3) is 0 Å². The summed E-state index contributed by atoms with van der Waals surface area (Å²) in [4.78, 5) is 0. The zero-order chi connectivity index (χ0) is 9.97. The van der Waals surface area contributed by atoms with E-state index in [0.717, 1.165) is 6.42 Å². The Kier molecular flexibility index (Phi) is 2.35. The Labute approximate surface area is 80.8 Å². The average Bonchev–Trinajstić information content (AvgIpc) is 2.40. The molecule has 2 rings (SSSR count). The van der Waals surface area contributed by atoms with E-state index in [2.05, 4.69) is 5.16 Å². The number of oxime groups is 1. The van der Waals surface area contributed by atoms with Gasteiger partial charge in [-0.1, -0.05) is 11.2 Å². The molecule has 3 nitrogen and oxygen atoms in total. The molecule has 0 saturated heterocycles. The van der Waals surface area contributed by atoms with Crippen molar-refractivity contribution in [2.75, 3.05) is 6.61 Å². The monoisotopic (exact) mass is 195 g/mol. The molecular weight excluding hydrogens is 185 g/mol. The molecule has 1 aliphatic rings. The third kappa shape index (κ3) is 1.43.